The molecule has 1 nitrogen and oxygen atoms in total. The van der Waals surface area contributed by atoms with Crippen LogP contribution in [0.15, 0.2) is 18.2 Å². The van der Waals surface area contributed by atoms with Crippen molar-refractivity contribution >= 4 is 57.3 Å². The number of rotatable bonds is 0. The SMILES string of the molecule is Clc1cc(Cl)c2nc(Cl)c(Cl)cc2c1. The van der Waals surface area contributed by atoms with Gasteiger partial charge in [0.25, 0.3) is 0 Å². The van der Waals surface area contributed by atoms with Crippen molar-refractivity contribution in [3.05, 3.63) is 38.4 Å². The van der Waals surface area contributed by atoms with Gasteiger partial charge in [-0.25, -0.2) is 4.98 Å². The normalized spacial score (nSPS) is 10.9. The number of halogens is 4. The van der Waals surface area contributed by atoms with Crippen LogP contribution >= 0.6 is 46.4 Å². The first-order valence-corrected chi connectivity index (χ1v) is 5.20. The molecule has 0 radical (unpaired) electrons. The molecular weight excluding hydrogens is 264 g/mol. The van der Waals surface area contributed by atoms with E-state index in [0.717, 1.165) is 5.39 Å². The fourth-order valence-electron chi connectivity index (χ4n) is 1.16. The maximum atomic E-state index is 5.94. The van der Waals surface area contributed by atoms with E-state index in [1.165, 1.54) is 0 Å². The van der Waals surface area contributed by atoms with Gasteiger partial charge in [0, 0.05) is 10.4 Å². The highest BCUT2D eigenvalue weighted by Gasteiger charge is 2.06. The Morgan fingerprint density at radius 2 is 1.57 bits per heavy atom. The molecule has 0 saturated heterocycles. The van der Waals surface area contributed by atoms with Gasteiger partial charge in [0.1, 0.15) is 5.15 Å². The lowest BCUT2D eigenvalue weighted by atomic mass is 10.2. The van der Waals surface area contributed by atoms with E-state index in [0.29, 0.717) is 20.6 Å². The van der Waals surface area contributed by atoms with Crippen LogP contribution in [0.5, 0.6) is 0 Å². The number of benzene rings is 1. The van der Waals surface area contributed by atoms with Crippen molar-refractivity contribution in [3.8, 4) is 0 Å². The van der Waals surface area contributed by atoms with Gasteiger partial charge in [-0.15, -0.1) is 0 Å². The van der Waals surface area contributed by atoms with Crippen molar-refractivity contribution in [2.45, 2.75) is 0 Å². The molecule has 0 aliphatic carbocycles. The van der Waals surface area contributed by atoms with Crippen molar-refractivity contribution in [2.24, 2.45) is 0 Å². The minimum absolute atomic E-state index is 0.239. The molecular formula is C9H3Cl4N. The van der Waals surface area contributed by atoms with Crippen LogP contribution in [0, 0.1) is 0 Å². The number of nitrogens with zero attached hydrogens (tertiary/aromatic N) is 1. The fourth-order valence-corrected chi connectivity index (χ4v) is 2.01. The van der Waals surface area contributed by atoms with Gasteiger partial charge in [-0.2, -0.15) is 0 Å². The summed E-state index contributed by atoms with van der Waals surface area (Å²) in [6, 6.07) is 5.03. The molecule has 0 N–H and O–H groups in total. The average molecular weight is 267 g/mol. The molecule has 14 heavy (non-hydrogen) atoms. The third kappa shape index (κ3) is 1.78. The standard InChI is InChI=1S/C9H3Cl4N/c10-5-1-4-2-7(12)9(13)14-8(4)6(11)3-5/h1-3H. The summed E-state index contributed by atoms with van der Waals surface area (Å²) in [5.41, 5.74) is 0.602. The first-order chi connectivity index (χ1) is 6.58. The van der Waals surface area contributed by atoms with E-state index in [2.05, 4.69) is 4.98 Å². The van der Waals surface area contributed by atoms with Gasteiger partial charge in [-0.05, 0) is 18.2 Å². The second-order valence-electron chi connectivity index (χ2n) is 2.72. The largest absolute Gasteiger partial charge is 0.233 e. The summed E-state index contributed by atoms with van der Waals surface area (Å²) in [4.78, 5) is 4.06. The molecule has 0 bridgehead atoms. The van der Waals surface area contributed by atoms with Gasteiger partial charge in [-0.3, -0.25) is 0 Å². The van der Waals surface area contributed by atoms with Crippen molar-refractivity contribution in [3.63, 3.8) is 0 Å². The lowest BCUT2D eigenvalue weighted by molar-refractivity contribution is 1.41. The zero-order valence-corrected chi connectivity index (χ0v) is 9.71. The predicted molar refractivity (Wildman–Crippen MR) is 61.8 cm³/mol. The van der Waals surface area contributed by atoms with E-state index < -0.39 is 0 Å². The molecule has 2 aromatic rings. The second kappa shape index (κ2) is 3.74. The highest BCUT2D eigenvalue weighted by atomic mass is 35.5. The van der Waals surface area contributed by atoms with Crippen LogP contribution < -0.4 is 0 Å². The lowest BCUT2D eigenvalue weighted by Gasteiger charge is -2.02. The quantitative estimate of drug-likeness (QED) is 0.622. The molecule has 0 fully saturated rings. The van der Waals surface area contributed by atoms with E-state index in [1.807, 2.05) is 0 Å². The van der Waals surface area contributed by atoms with Gasteiger partial charge in [-0.1, -0.05) is 46.4 Å². The van der Waals surface area contributed by atoms with Crippen LogP contribution in [-0.4, -0.2) is 4.98 Å². The third-order valence-corrected chi connectivity index (χ3v) is 2.93. The van der Waals surface area contributed by atoms with Crippen LogP contribution in [0.25, 0.3) is 10.9 Å². The van der Waals surface area contributed by atoms with Gasteiger partial charge in [0.15, 0.2) is 0 Å². The lowest BCUT2D eigenvalue weighted by Crippen LogP contribution is -1.83. The smallest absolute Gasteiger partial charge is 0.148 e. The van der Waals surface area contributed by atoms with Crippen molar-refractivity contribution in [1.82, 2.24) is 4.98 Å². The van der Waals surface area contributed by atoms with Crippen LogP contribution in [0.3, 0.4) is 0 Å². The van der Waals surface area contributed by atoms with E-state index in [1.54, 1.807) is 18.2 Å². The van der Waals surface area contributed by atoms with E-state index in [9.17, 15) is 0 Å². The molecule has 0 atom stereocenters. The summed E-state index contributed by atoms with van der Waals surface area (Å²) < 4.78 is 0. The first kappa shape index (κ1) is 10.3. The van der Waals surface area contributed by atoms with Gasteiger partial charge in [0.05, 0.1) is 15.6 Å². The molecule has 0 aliphatic rings. The maximum Gasteiger partial charge on any atom is 0.148 e. The van der Waals surface area contributed by atoms with Gasteiger partial charge >= 0.3 is 0 Å². The fraction of sp³-hybridized carbons (Fsp3) is 0. The molecule has 0 amide bonds. The van der Waals surface area contributed by atoms with Crippen LogP contribution in [-0.2, 0) is 0 Å². The Labute approximate surface area is 101 Å². The Balaban J connectivity index is 2.89. The molecule has 0 spiro atoms. The number of aromatic nitrogens is 1. The zero-order valence-electron chi connectivity index (χ0n) is 6.69. The number of fused-ring (bicyclic) bond motifs is 1. The summed E-state index contributed by atoms with van der Waals surface area (Å²) in [6.07, 6.45) is 0. The summed E-state index contributed by atoms with van der Waals surface area (Å²) in [5, 5.41) is 2.41. The van der Waals surface area contributed by atoms with E-state index in [4.69, 9.17) is 46.4 Å². The molecule has 72 valence electrons. The minimum Gasteiger partial charge on any atom is -0.233 e. The van der Waals surface area contributed by atoms with Crippen LogP contribution in [0.2, 0.25) is 20.2 Å². The zero-order chi connectivity index (χ0) is 10.3. The summed E-state index contributed by atoms with van der Waals surface area (Å²) in [6.45, 7) is 0. The van der Waals surface area contributed by atoms with E-state index in [-0.39, 0.29) is 5.15 Å². The summed E-state index contributed by atoms with van der Waals surface area (Å²) >= 11 is 23.3. The summed E-state index contributed by atoms with van der Waals surface area (Å²) in [7, 11) is 0. The Morgan fingerprint density at radius 1 is 0.857 bits per heavy atom. The Hall–Kier alpha value is -0.210. The van der Waals surface area contributed by atoms with Crippen molar-refractivity contribution in [1.29, 1.82) is 0 Å². The topological polar surface area (TPSA) is 12.9 Å². The minimum atomic E-state index is 0.239. The molecule has 1 aromatic heterocycles. The van der Waals surface area contributed by atoms with Crippen molar-refractivity contribution < 1.29 is 0 Å². The molecule has 0 aliphatic heterocycles. The number of pyridine rings is 1. The Morgan fingerprint density at radius 3 is 2.29 bits per heavy atom. The molecule has 0 unspecified atom stereocenters. The summed E-state index contributed by atoms with van der Waals surface area (Å²) in [5.74, 6) is 0. The van der Waals surface area contributed by atoms with E-state index >= 15 is 0 Å². The Bertz CT molecular complexity index is 510. The molecule has 1 heterocycles. The molecule has 0 saturated carbocycles. The molecule has 1 aromatic carbocycles. The van der Waals surface area contributed by atoms with Crippen LogP contribution in [0.4, 0.5) is 0 Å². The monoisotopic (exact) mass is 265 g/mol. The highest BCUT2D eigenvalue weighted by molar-refractivity contribution is 6.43. The van der Waals surface area contributed by atoms with Gasteiger partial charge in [0.2, 0.25) is 0 Å². The third-order valence-electron chi connectivity index (χ3n) is 1.75. The second-order valence-corrected chi connectivity index (χ2v) is 4.33. The number of hydrogen-bond acceptors (Lipinski definition) is 1. The predicted octanol–water partition coefficient (Wildman–Crippen LogP) is 4.85. The van der Waals surface area contributed by atoms with Crippen LogP contribution in [0.1, 0.15) is 0 Å². The molecule has 5 heteroatoms. The number of hydrogen-bond donors (Lipinski definition) is 0. The maximum absolute atomic E-state index is 5.94. The van der Waals surface area contributed by atoms with Crippen molar-refractivity contribution in [2.75, 3.05) is 0 Å². The highest BCUT2D eigenvalue weighted by Crippen LogP contribution is 2.31. The first-order valence-electron chi connectivity index (χ1n) is 3.69. The molecule has 2 rings (SSSR count). The Kier molecular flexibility index (Phi) is 2.76. The average Bonchev–Trinajstić information content (AvgIpc) is 2.08. The van der Waals surface area contributed by atoms with Gasteiger partial charge < -0.3 is 0 Å².